The average Bonchev–Trinajstić information content (AvgIpc) is 2.65. The van der Waals surface area contributed by atoms with E-state index in [-0.39, 0.29) is 5.91 Å². The first-order chi connectivity index (χ1) is 12.1. The van der Waals surface area contributed by atoms with E-state index in [2.05, 4.69) is 5.32 Å². The molecule has 0 saturated heterocycles. The molecule has 25 heavy (non-hydrogen) atoms. The van der Waals surface area contributed by atoms with Crippen molar-refractivity contribution in [3.63, 3.8) is 0 Å². The lowest BCUT2D eigenvalue weighted by molar-refractivity contribution is -0.116. The first-order valence-electron chi connectivity index (χ1n) is 7.86. The van der Waals surface area contributed by atoms with Gasteiger partial charge >= 0.3 is 0 Å². The molecule has 0 atom stereocenters. The second-order valence-electron chi connectivity index (χ2n) is 5.52. The number of nitrogens with one attached hydrogen (secondary N) is 1. The Morgan fingerprint density at radius 3 is 2.48 bits per heavy atom. The van der Waals surface area contributed by atoms with Crippen molar-refractivity contribution >= 4 is 17.9 Å². The number of benzene rings is 2. The van der Waals surface area contributed by atoms with Crippen LogP contribution < -0.4 is 20.5 Å². The Labute approximate surface area is 145 Å². The summed E-state index contributed by atoms with van der Waals surface area (Å²) in [6.07, 6.45) is 3.17. The quantitative estimate of drug-likeness (QED) is 0.815. The van der Waals surface area contributed by atoms with Crippen molar-refractivity contribution in [2.45, 2.75) is 6.54 Å². The second kappa shape index (κ2) is 7.53. The summed E-state index contributed by atoms with van der Waals surface area (Å²) >= 11 is 0. The molecule has 1 aliphatic heterocycles. The van der Waals surface area contributed by atoms with Gasteiger partial charge in [-0.05, 0) is 41.5 Å². The van der Waals surface area contributed by atoms with Crippen LogP contribution in [0, 0.1) is 0 Å². The molecule has 1 aliphatic rings. The fourth-order valence-corrected chi connectivity index (χ4v) is 2.37. The highest BCUT2D eigenvalue weighted by molar-refractivity contribution is 5.93. The number of ether oxygens (including phenoxy) is 2. The minimum Gasteiger partial charge on any atom is -0.486 e. The maximum atomic E-state index is 11.9. The molecule has 0 fully saturated rings. The van der Waals surface area contributed by atoms with Gasteiger partial charge in [0.25, 0.3) is 0 Å². The van der Waals surface area contributed by atoms with Crippen molar-refractivity contribution in [3.05, 3.63) is 65.2 Å². The van der Waals surface area contributed by atoms with Gasteiger partial charge in [0.15, 0.2) is 11.5 Å². The lowest BCUT2D eigenvalue weighted by atomic mass is 10.1. The maximum absolute atomic E-state index is 11.9. The van der Waals surface area contributed by atoms with Crippen molar-refractivity contribution < 1.29 is 19.1 Å². The number of nitrogens with two attached hydrogens (primary N) is 1. The number of carbonyl (C=O) groups is 2. The van der Waals surface area contributed by atoms with E-state index in [4.69, 9.17) is 15.2 Å². The molecule has 6 heteroatoms. The largest absolute Gasteiger partial charge is 0.486 e. The van der Waals surface area contributed by atoms with Crippen LogP contribution in [0.3, 0.4) is 0 Å². The van der Waals surface area contributed by atoms with Crippen LogP contribution in [0.1, 0.15) is 21.5 Å². The molecular weight excluding hydrogens is 320 g/mol. The minimum atomic E-state index is -0.474. The number of hydrogen-bond donors (Lipinski definition) is 2. The number of hydrogen-bond acceptors (Lipinski definition) is 4. The number of rotatable bonds is 5. The summed E-state index contributed by atoms with van der Waals surface area (Å²) in [6.45, 7) is 1.43. The van der Waals surface area contributed by atoms with Gasteiger partial charge in [0.1, 0.15) is 13.2 Å². The molecular formula is C19H18N2O4. The van der Waals surface area contributed by atoms with Crippen LogP contribution in [0.4, 0.5) is 0 Å². The van der Waals surface area contributed by atoms with E-state index in [0.29, 0.717) is 36.8 Å². The molecule has 0 bridgehead atoms. The van der Waals surface area contributed by atoms with Crippen LogP contribution in [0.25, 0.3) is 6.08 Å². The Balaban J connectivity index is 1.55. The van der Waals surface area contributed by atoms with Crippen molar-refractivity contribution in [2.24, 2.45) is 5.73 Å². The smallest absolute Gasteiger partial charge is 0.248 e. The van der Waals surface area contributed by atoms with Crippen LogP contribution in [-0.4, -0.2) is 25.0 Å². The second-order valence-corrected chi connectivity index (χ2v) is 5.52. The highest BCUT2D eigenvalue weighted by atomic mass is 16.6. The Morgan fingerprint density at radius 2 is 1.76 bits per heavy atom. The Morgan fingerprint density at radius 1 is 1.04 bits per heavy atom. The monoisotopic (exact) mass is 338 g/mol. The van der Waals surface area contributed by atoms with E-state index in [9.17, 15) is 9.59 Å². The molecule has 0 spiro atoms. The third-order valence-electron chi connectivity index (χ3n) is 3.70. The van der Waals surface area contributed by atoms with E-state index in [1.807, 2.05) is 18.2 Å². The molecule has 0 radical (unpaired) electrons. The molecule has 1 heterocycles. The van der Waals surface area contributed by atoms with Gasteiger partial charge in [-0.2, -0.15) is 0 Å². The van der Waals surface area contributed by atoms with E-state index in [0.717, 1.165) is 11.1 Å². The maximum Gasteiger partial charge on any atom is 0.248 e. The molecule has 2 aromatic carbocycles. The van der Waals surface area contributed by atoms with Gasteiger partial charge in [-0.1, -0.05) is 18.2 Å². The van der Waals surface area contributed by atoms with Crippen LogP contribution >= 0.6 is 0 Å². The van der Waals surface area contributed by atoms with Gasteiger partial charge in [-0.15, -0.1) is 0 Å². The van der Waals surface area contributed by atoms with Crippen LogP contribution in [0.2, 0.25) is 0 Å². The molecule has 2 aromatic rings. The molecule has 3 N–H and O–H groups in total. The van der Waals surface area contributed by atoms with Crippen LogP contribution in [-0.2, 0) is 11.3 Å². The Kier molecular flexibility index (Phi) is 4.99. The molecule has 128 valence electrons. The Hall–Kier alpha value is -3.28. The van der Waals surface area contributed by atoms with E-state index in [1.54, 1.807) is 30.3 Å². The zero-order chi connectivity index (χ0) is 17.6. The van der Waals surface area contributed by atoms with Crippen LogP contribution in [0.15, 0.2) is 48.5 Å². The first kappa shape index (κ1) is 16.6. The number of amides is 2. The van der Waals surface area contributed by atoms with Gasteiger partial charge in [0.2, 0.25) is 11.8 Å². The van der Waals surface area contributed by atoms with Crippen molar-refractivity contribution in [2.75, 3.05) is 13.2 Å². The summed E-state index contributed by atoms with van der Waals surface area (Å²) in [5.41, 5.74) is 7.36. The SMILES string of the molecule is NC(=O)c1ccc(CNC(=O)/C=C\c2ccc3c(c2)OCCO3)cc1. The molecule has 0 aliphatic carbocycles. The fourth-order valence-electron chi connectivity index (χ4n) is 2.37. The Bertz CT molecular complexity index is 813. The fraction of sp³-hybridized carbons (Fsp3) is 0.158. The van der Waals surface area contributed by atoms with Crippen LogP contribution in [0.5, 0.6) is 11.5 Å². The van der Waals surface area contributed by atoms with Gasteiger partial charge in [-0.25, -0.2) is 0 Å². The summed E-state index contributed by atoms with van der Waals surface area (Å²) in [4.78, 5) is 22.9. The molecule has 3 rings (SSSR count). The summed E-state index contributed by atoms with van der Waals surface area (Å²) in [6, 6.07) is 12.3. The summed E-state index contributed by atoms with van der Waals surface area (Å²) in [5, 5.41) is 2.78. The number of primary amides is 1. The predicted molar refractivity (Wildman–Crippen MR) is 93.3 cm³/mol. The van der Waals surface area contributed by atoms with E-state index < -0.39 is 5.91 Å². The zero-order valence-electron chi connectivity index (χ0n) is 13.5. The summed E-state index contributed by atoms with van der Waals surface area (Å²) < 4.78 is 11.0. The summed E-state index contributed by atoms with van der Waals surface area (Å²) in [5.74, 6) is 0.711. The molecule has 0 unspecified atom stereocenters. The topological polar surface area (TPSA) is 90.7 Å². The highest BCUT2D eigenvalue weighted by Crippen LogP contribution is 2.31. The lowest BCUT2D eigenvalue weighted by Crippen LogP contribution is -2.20. The lowest BCUT2D eigenvalue weighted by Gasteiger charge is -2.18. The predicted octanol–water partition coefficient (Wildman–Crippen LogP) is 1.89. The third kappa shape index (κ3) is 4.38. The minimum absolute atomic E-state index is 0.214. The number of carbonyl (C=O) groups excluding carboxylic acids is 2. The van der Waals surface area contributed by atoms with Crippen molar-refractivity contribution in [3.8, 4) is 11.5 Å². The zero-order valence-corrected chi connectivity index (χ0v) is 13.5. The highest BCUT2D eigenvalue weighted by Gasteiger charge is 2.10. The average molecular weight is 338 g/mol. The van der Waals surface area contributed by atoms with E-state index >= 15 is 0 Å². The van der Waals surface area contributed by atoms with Crippen molar-refractivity contribution in [1.29, 1.82) is 0 Å². The summed E-state index contributed by atoms with van der Waals surface area (Å²) in [7, 11) is 0. The van der Waals surface area contributed by atoms with Gasteiger partial charge in [0, 0.05) is 18.2 Å². The molecule has 0 saturated carbocycles. The number of fused-ring (bicyclic) bond motifs is 1. The van der Waals surface area contributed by atoms with Gasteiger partial charge < -0.3 is 20.5 Å². The van der Waals surface area contributed by atoms with E-state index in [1.165, 1.54) is 6.08 Å². The third-order valence-corrected chi connectivity index (χ3v) is 3.70. The van der Waals surface area contributed by atoms with Crippen molar-refractivity contribution in [1.82, 2.24) is 5.32 Å². The normalized spacial score (nSPS) is 12.8. The van der Waals surface area contributed by atoms with Gasteiger partial charge in [0.05, 0.1) is 0 Å². The standard InChI is InChI=1S/C19H18N2O4/c20-19(23)15-5-1-14(2-6-15)12-21-18(22)8-4-13-3-7-16-17(11-13)25-10-9-24-16/h1-8,11H,9-10,12H2,(H2,20,23)(H,21,22)/b8-4-. The molecule has 6 nitrogen and oxygen atoms in total. The molecule has 2 amide bonds. The van der Waals surface area contributed by atoms with Gasteiger partial charge in [-0.3, -0.25) is 9.59 Å². The first-order valence-corrected chi connectivity index (χ1v) is 7.86. The molecule has 0 aromatic heterocycles.